The van der Waals surface area contributed by atoms with E-state index in [-0.39, 0.29) is 5.57 Å². The topological polar surface area (TPSA) is 37.3 Å². The molecule has 0 heterocycles. The lowest BCUT2D eigenvalue weighted by molar-refractivity contribution is -0.132. The Morgan fingerprint density at radius 2 is 2.22 bits per heavy atom. The Kier molecular flexibility index (Phi) is 3.32. The molecule has 0 saturated heterocycles. The highest BCUT2D eigenvalue weighted by Gasteiger charge is 2.10. The molecule has 0 bridgehead atoms. The number of hydrogen-bond acceptors (Lipinski definition) is 1. The van der Waals surface area contributed by atoms with E-state index in [0.717, 1.165) is 0 Å². The summed E-state index contributed by atoms with van der Waals surface area (Å²) in [5.41, 5.74) is 0.247. The molecule has 1 N–H and O–H groups in total. The third-order valence-electron chi connectivity index (χ3n) is 0.987. The van der Waals surface area contributed by atoms with Crippen molar-refractivity contribution in [3.8, 4) is 0 Å². The first kappa shape index (κ1) is 8.50. The molecule has 0 amide bonds. The van der Waals surface area contributed by atoms with Crippen molar-refractivity contribution in [2.24, 2.45) is 0 Å². The molecule has 1 atom stereocenters. The van der Waals surface area contributed by atoms with Gasteiger partial charge in [0.1, 0.15) is 0 Å². The van der Waals surface area contributed by atoms with Crippen LogP contribution in [0.1, 0.15) is 13.8 Å². The van der Waals surface area contributed by atoms with Crippen molar-refractivity contribution in [3.63, 3.8) is 0 Å². The number of carboxylic acid groups (broad SMARTS) is 1. The standard InChI is InChI=1S/C6H9ClO2/c1-3-5(4(2)7)6(8)9/h3-4H,1-2H3,(H,8,9)/b5-3+. The largest absolute Gasteiger partial charge is 0.478 e. The van der Waals surface area contributed by atoms with Crippen molar-refractivity contribution in [1.29, 1.82) is 0 Å². The van der Waals surface area contributed by atoms with Crippen LogP contribution < -0.4 is 0 Å². The predicted octanol–water partition coefficient (Wildman–Crippen LogP) is 1.64. The monoisotopic (exact) mass is 148 g/mol. The minimum absolute atomic E-state index is 0.247. The number of hydrogen-bond donors (Lipinski definition) is 1. The summed E-state index contributed by atoms with van der Waals surface area (Å²) in [5, 5.41) is 7.98. The second kappa shape index (κ2) is 3.51. The van der Waals surface area contributed by atoms with E-state index in [4.69, 9.17) is 16.7 Å². The third kappa shape index (κ3) is 2.51. The van der Waals surface area contributed by atoms with Crippen LogP contribution in [0.4, 0.5) is 0 Å². The molecule has 0 spiro atoms. The fourth-order valence-corrected chi connectivity index (χ4v) is 0.743. The quantitative estimate of drug-likeness (QED) is 0.478. The first-order chi connectivity index (χ1) is 4.09. The Bertz CT molecular complexity index is 138. The Balaban J connectivity index is 4.19. The number of allylic oxidation sites excluding steroid dienone is 1. The van der Waals surface area contributed by atoms with E-state index >= 15 is 0 Å². The molecule has 0 aliphatic heterocycles. The molecule has 0 radical (unpaired) electrons. The molecule has 0 saturated carbocycles. The summed E-state index contributed by atoms with van der Waals surface area (Å²) in [6.45, 7) is 3.29. The summed E-state index contributed by atoms with van der Waals surface area (Å²) in [5.74, 6) is -0.944. The van der Waals surface area contributed by atoms with Crippen molar-refractivity contribution in [2.75, 3.05) is 0 Å². The molecule has 52 valence electrons. The van der Waals surface area contributed by atoms with Gasteiger partial charge in [-0.2, -0.15) is 0 Å². The van der Waals surface area contributed by atoms with Crippen molar-refractivity contribution < 1.29 is 9.90 Å². The minimum Gasteiger partial charge on any atom is -0.478 e. The lowest BCUT2D eigenvalue weighted by Gasteiger charge is -2.00. The average Bonchev–Trinajstić information content (AvgIpc) is 1.64. The maximum atomic E-state index is 10.2. The molecule has 0 fully saturated rings. The van der Waals surface area contributed by atoms with Crippen LogP contribution in [0.3, 0.4) is 0 Å². The fraction of sp³-hybridized carbons (Fsp3) is 0.500. The van der Waals surface area contributed by atoms with Gasteiger partial charge in [-0.05, 0) is 13.8 Å². The van der Waals surface area contributed by atoms with Crippen molar-refractivity contribution in [3.05, 3.63) is 11.6 Å². The van der Waals surface area contributed by atoms with E-state index in [9.17, 15) is 4.79 Å². The van der Waals surface area contributed by atoms with Crippen LogP contribution in [0.5, 0.6) is 0 Å². The van der Waals surface area contributed by atoms with E-state index in [1.54, 1.807) is 13.8 Å². The average molecular weight is 149 g/mol. The number of carboxylic acids is 1. The van der Waals surface area contributed by atoms with Gasteiger partial charge in [-0.15, -0.1) is 11.6 Å². The number of rotatable bonds is 2. The first-order valence-electron chi connectivity index (χ1n) is 2.63. The smallest absolute Gasteiger partial charge is 0.332 e. The summed E-state index contributed by atoms with van der Waals surface area (Å²) in [4.78, 5) is 10.2. The summed E-state index contributed by atoms with van der Waals surface area (Å²) in [6, 6.07) is 0. The first-order valence-corrected chi connectivity index (χ1v) is 3.06. The summed E-state index contributed by atoms with van der Waals surface area (Å²) in [6.07, 6.45) is 1.50. The highest BCUT2D eigenvalue weighted by Crippen LogP contribution is 2.07. The molecule has 9 heavy (non-hydrogen) atoms. The zero-order valence-corrected chi connectivity index (χ0v) is 6.14. The van der Waals surface area contributed by atoms with Crippen LogP contribution in [0.25, 0.3) is 0 Å². The Morgan fingerprint density at radius 3 is 2.22 bits per heavy atom. The minimum atomic E-state index is -0.944. The van der Waals surface area contributed by atoms with E-state index in [2.05, 4.69) is 0 Å². The van der Waals surface area contributed by atoms with Crippen molar-refractivity contribution in [2.45, 2.75) is 19.2 Å². The molecule has 3 heteroatoms. The Hall–Kier alpha value is -0.500. The molecule has 0 aromatic heterocycles. The lowest BCUT2D eigenvalue weighted by Crippen LogP contribution is -2.08. The van der Waals surface area contributed by atoms with Gasteiger partial charge in [-0.25, -0.2) is 4.79 Å². The van der Waals surface area contributed by atoms with Crippen LogP contribution in [0.15, 0.2) is 11.6 Å². The lowest BCUT2D eigenvalue weighted by atomic mass is 10.2. The van der Waals surface area contributed by atoms with Gasteiger partial charge in [0.2, 0.25) is 0 Å². The molecule has 0 aliphatic carbocycles. The van der Waals surface area contributed by atoms with Gasteiger partial charge in [0.05, 0.1) is 11.0 Å². The molecule has 1 unspecified atom stereocenters. The van der Waals surface area contributed by atoms with E-state index in [1.165, 1.54) is 6.08 Å². The van der Waals surface area contributed by atoms with Gasteiger partial charge in [-0.3, -0.25) is 0 Å². The summed E-state index contributed by atoms with van der Waals surface area (Å²) < 4.78 is 0. The molecule has 0 rings (SSSR count). The van der Waals surface area contributed by atoms with E-state index < -0.39 is 11.3 Å². The van der Waals surface area contributed by atoms with Crippen LogP contribution in [0.2, 0.25) is 0 Å². The highest BCUT2D eigenvalue weighted by atomic mass is 35.5. The maximum absolute atomic E-state index is 10.2. The van der Waals surface area contributed by atoms with Crippen LogP contribution in [-0.2, 0) is 4.79 Å². The summed E-state index contributed by atoms with van der Waals surface area (Å²) >= 11 is 5.49. The SMILES string of the molecule is C/C=C(/C(=O)O)C(C)Cl. The van der Waals surface area contributed by atoms with Crippen LogP contribution in [0, 0.1) is 0 Å². The second-order valence-corrected chi connectivity index (χ2v) is 2.32. The van der Waals surface area contributed by atoms with Crippen LogP contribution in [-0.4, -0.2) is 16.5 Å². The van der Waals surface area contributed by atoms with Gasteiger partial charge in [0.25, 0.3) is 0 Å². The van der Waals surface area contributed by atoms with Gasteiger partial charge >= 0.3 is 5.97 Å². The van der Waals surface area contributed by atoms with Crippen molar-refractivity contribution >= 4 is 17.6 Å². The molecular formula is C6H9ClO2. The number of aliphatic carboxylic acids is 1. The van der Waals surface area contributed by atoms with Gasteiger partial charge < -0.3 is 5.11 Å². The highest BCUT2D eigenvalue weighted by molar-refractivity contribution is 6.24. The maximum Gasteiger partial charge on any atom is 0.332 e. The molecular weight excluding hydrogens is 140 g/mol. The number of halogens is 1. The molecule has 0 aromatic rings. The molecule has 0 aromatic carbocycles. The zero-order valence-electron chi connectivity index (χ0n) is 5.39. The normalized spacial score (nSPS) is 15.2. The summed E-state index contributed by atoms with van der Waals surface area (Å²) in [7, 11) is 0. The van der Waals surface area contributed by atoms with Crippen LogP contribution >= 0.6 is 11.6 Å². The Morgan fingerprint density at radius 1 is 1.78 bits per heavy atom. The van der Waals surface area contributed by atoms with Crippen molar-refractivity contribution in [1.82, 2.24) is 0 Å². The molecule has 2 nitrogen and oxygen atoms in total. The van der Waals surface area contributed by atoms with Gasteiger partial charge in [0, 0.05) is 0 Å². The number of carbonyl (C=O) groups is 1. The predicted molar refractivity (Wildman–Crippen MR) is 36.7 cm³/mol. The van der Waals surface area contributed by atoms with Gasteiger partial charge in [0.15, 0.2) is 0 Å². The fourth-order valence-electron chi connectivity index (χ4n) is 0.523. The van der Waals surface area contributed by atoms with E-state index in [1.807, 2.05) is 0 Å². The van der Waals surface area contributed by atoms with Gasteiger partial charge in [-0.1, -0.05) is 6.08 Å². The Labute approximate surface area is 59.1 Å². The zero-order chi connectivity index (χ0) is 7.44. The van der Waals surface area contributed by atoms with E-state index in [0.29, 0.717) is 0 Å². The number of alkyl halides is 1. The third-order valence-corrected chi connectivity index (χ3v) is 1.22. The second-order valence-electron chi connectivity index (χ2n) is 1.67. The molecule has 0 aliphatic rings.